The molecule has 0 aliphatic carbocycles. The Balaban J connectivity index is 1.27. The standard InChI is InChI=1S/C21H31N5O2S/c1-24-11-13-25(14-12-24)8-4-7-22-19(27)16-5-6-18-17(15-16)23-20(28)21(29-18)26-9-2-3-10-26/h5-6,15,21H,2-4,7-14H2,1H3,(H,22,27)(H,23,28). The van der Waals surface area contributed by atoms with E-state index in [1.165, 1.54) is 0 Å². The number of benzene rings is 1. The molecule has 1 aromatic rings. The molecule has 158 valence electrons. The maximum atomic E-state index is 12.5. The normalized spacial score (nSPS) is 23.6. The van der Waals surface area contributed by atoms with Crippen molar-refractivity contribution in [3.63, 3.8) is 0 Å². The molecule has 4 rings (SSSR count). The van der Waals surface area contributed by atoms with Gasteiger partial charge in [-0.05, 0) is 64.1 Å². The Labute approximate surface area is 177 Å². The van der Waals surface area contributed by atoms with Gasteiger partial charge >= 0.3 is 0 Å². The highest BCUT2D eigenvalue weighted by atomic mass is 32.2. The smallest absolute Gasteiger partial charge is 0.252 e. The van der Waals surface area contributed by atoms with Crippen molar-refractivity contribution in [2.45, 2.75) is 29.5 Å². The van der Waals surface area contributed by atoms with E-state index < -0.39 is 0 Å². The molecule has 2 fully saturated rings. The maximum Gasteiger partial charge on any atom is 0.252 e. The van der Waals surface area contributed by atoms with E-state index in [1.807, 2.05) is 12.1 Å². The Morgan fingerprint density at radius 1 is 1.17 bits per heavy atom. The predicted octanol–water partition coefficient (Wildman–Crippen LogP) is 1.52. The number of fused-ring (bicyclic) bond motifs is 1. The fraction of sp³-hybridized carbons (Fsp3) is 0.619. The van der Waals surface area contributed by atoms with E-state index in [0.717, 1.165) is 75.7 Å². The number of anilines is 1. The molecule has 29 heavy (non-hydrogen) atoms. The van der Waals surface area contributed by atoms with Gasteiger partial charge in [0.2, 0.25) is 0 Å². The third-order valence-corrected chi connectivity index (χ3v) is 7.31. The average molecular weight is 418 g/mol. The van der Waals surface area contributed by atoms with Crippen LogP contribution < -0.4 is 10.6 Å². The summed E-state index contributed by atoms with van der Waals surface area (Å²) >= 11 is 1.59. The number of carbonyl (C=O) groups excluding carboxylic acids is 2. The molecule has 3 aliphatic heterocycles. The lowest BCUT2D eigenvalue weighted by Crippen LogP contribution is -2.45. The van der Waals surface area contributed by atoms with Crippen molar-refractivity contribution in [1.82, 2.24) is 20.0 Å². The molecule has 3 aliphatic rings. The van der Waals surface area contributed by atoms with Crippen LogP contribution in [-0.2, 0) is 4.79 Å². The molecule has 8 heteroatoms. The van der Waals surface area contributed by atoms with Crippen LogP contribution in [-0.4, -0.2) is 91.3 Å². The first-order valence-corrected chi connectivity index (χ1v) is 11.5. The average Bonchev–Trinajstić information content (AvgIpc) is 3.26. The first-order chi connectivity index (χ1) is 14.1. The topological polar surface area (TPSA) is 67.9 Å². The third kappa shape index (κ3) is 5.12. The Morgan fingerprint density at radius 3 is 2.69 bits per heavy atom. The Morgan fingerprint density at radius 2 is 1.93 bits per heavy atom. The van der Waals surface area contributed by atoms with E-state index in [4.69, 9.17) is 0 Å². The number of rotatable bonds is 6. The summed E-state index contributed by atoms with van der Waals surface area (Å²) in [5.41, 5.74) is 1.35. The minimum Gasteiger partial charge on any atom is -0.352 e. The molecule has 1 atom stereocenters. The highest BCUT2D eigenvalue weighted by Gasteiger charge is 2.33. The monoisotopic (exact) mass is 417 g/mol. The molecule has 3 heterocycles. The van der Waals surface area contributed by atoms with Crippen molar-refractivity contribution in [2.24, 2.45) is 0 Å². The molecule has 0 radical (unpaired) electrons. The lowest BCUT2D eigenvalue weighted by Gasteiger charge is -2.32. The van der Waals surface area contributed by atoms with Crippen molar-refractivity contribution < 1.29 is 9.59 Å². The quantitative estimate of drug-likeness (QED) is 0.684. The summed E-state index contributed by atoms with van der Waals surface area (Å²) in [4.78, 5) is 33.1. The van der Waals surface area contributed by atoms with Crippen LogP contribution in [0, 0.1) is 0 Å². The number of likely N-dealkylation sites (tertiary alicyclic amines) is 1. The highest BCUT2D eigenvalue weighted by Crippen LogP contribution is 2.38. The summed E-state index contributed by atoms with van der Waals surface area (Å²) in [7, 11) is 2.16. The van der Waals surface area contributed by atoms with Gasteiger partial charge in [-0.1, -0.05) is 11.8 Å². The lowest BCUT2D eigenvalue weighted by molar-refractivity contribution is -0.118. The van der Waals surface area contributed by atoms with Gasteiger partial charge in [0.05, 0.1) is 5.69 Å². The van der Waals surface area contributed by atoms with Gasteiger partial charge in [-0.2, -0.15) is 0 Å². The third-order valence-electron chi connectivity index (χ3n) is 5.97. The van der Waals surface area contributed by atoms with E-state index in [0.29, 0.717) is 12.1 Å². The number of hydrogen-bond acceptors (Lipinski definition) is 6. The molecule has 2 amide bonds. The molecule has 2 saturated heterocycles. The van der Waals surface area contributed by atoms with Crippen LogP contribution in [0.4, 0.5) is 5.69 Å². The summed E-state index contributed by atoms with van der Waals surface area (Å²) in [6, 6.07) is 5.62. The zero-order valence-corrected chi connectivity index (χ0v) is 18.0. The largest absolute Gasteiger partial charge is 0.352 e. The SMILES string of the molecule is CN1CCN(CCCNC(=O)c2ccc3c(c2)NC(=O)C(N2CCCC2)S3)CC1. The fourth-order valence-electron chi connectivity index (χ4n) is 4.13. The van der Waals surface area contributed by atoms with Crippen LogP contribution >= 0.6 is 11.8 Å². The predicted molar refractivity (Wildman–Crippen MR) is 116 cm³/mol. The molecule has 2 N–H and O–H groups in total. The summed E-state index contributed by atoms with van der Waals surface area (Å²) in [5.74, 6) is -0.0544. The second kappa shape index (κ2) is 9.47. The molecule has 0 bridgehead atoms. The Kier molecular flexibility index (Phi) is 6.74. The van der Waals surface area contributed by atoms with Gasteiger partial charge < -0.3 is 20.4 Å². The van der Waals surface area contributed by atoms with E-state index in [-0.39, 0.29) is 17.2 Å². The molecule has 0 spiro atoms. The van der Waals surface area contributed by atoms with Crippen molar-refractivity contribution in [1.29, 1.82) is 0 Å². The van der Waals surface area contributed by atoms with Gasteiger partial charge in [0.1, 0.15) is 5.37 Å². The maximum absolute atomic E-state index is 12.5. The molecule has 0 saturated carbocycles. The zero-order valence-electron chi connectivity index (χ0n) is 17.2. The number of carbonyl (C=O) groups is 2. The number of thioether (sulfide) groups is 1. The number of nitrogens with one attached hydrogen (secondary N) is 2. The van der Waals surface area contributed by atoms with Gasteiger partial charge in [-0.15, -0.1) is 0 Å². The summed E-state index contributed by atoms with van der Waals surface area (Å²) < 4.78 is 0. The number of hydrogen-bond donors (Lipinski definition) is 2. The molecule has 7 nitrogen and oxygen atoms in total. The fourth-order valence-corrected chi connectivity index (χ4v) is 5.28. The van der Waals surface area contributed by atoms with E-state index in [9.17, 15) is 9.59 Å². The number of piperazine rings is 1. The number of amides is 2. The Hall–Kier alpha value is -1.61. The molecule has 1 aromatic carbocycles. The van der Waals surface area contributed by atoms with Crippen molar-refractivity contribution in [2.75, 3.05) is 64.7 Å². The van der Waals surface area contributed by atoms with E-state index in [1.54, 1.807) is 17.8 Å². The highest BCUT2D eigenvalue weighted by molar-refractivity contribution is 8.00. The van der Waals surface area contributed by atoms with Crippen LogP contribution in [0.3, 0.4) is 0 Å². The first kappa shape index (κ1) is 20.7. The Bertz CT molecular complexity index is 745. The van der Waals surface area contributed by atoms with Gasteiger partial charge in [0.25, 0.3) is 11.8 Å². The summed E-state index contributed by atoms with van der Waals surface area (Å²) in [6.45, 7) is 8.08. The van der Waals surface area contributed by atoms with Crippen LogP contribution in [0.15, 0.2) is 23.1 Å². The van der Waals surface area contributed by atoms with Crippen LogP contribution in [0.25, 0.3) is 0 Å². The van der Waals surface area contributed by atoms with Crippen molar-refractivity contribution >= 4 is 29.3 Å². The second-order valence-corrected chi connectivity index (χ2v) is 9.29. The van der Waals surface area contributed by atoms with E-state index >= 15 is 0 Å². The minimum absolute atomic E-state index is 0.0223. The molecular weight excluding hydrogens is 386 g/mol. The molecule has 0 aromatic heterocycles. The van der Waals surface area contributed by atoms with Crippen LogP contribution in [0.2, 0.25) is 0 Å². The number of likely N-dealkylation sites (N-methyl/N-ethyl adjacent to an activating group) is 1. The van der Waals surface area contributed by atoms with Gasteiger partial charge in [-0.25, -0.2) is 0 Å². The lowest BCUT2D eigenvalue weighted by atomic mass is 10.1. The van der Waals surface area contributed by atoms with Crippen LogP contribution in [0.1, 0.15) is 29.6 Å². The number of nitrogens with zero attached hydrogens (tertiary/aromatic N) is 3. The van der Waals surface area contributed by atoms with E-state index in [2.05, 4.69) is 32.4 Å². The zero-order chi connectivity index (χ0) is 20.2. The minimum atomic E-state index is -0.153. The molecule has 1 unspecified atom stereocenters. The van der Waals surface area contributed by atoms with Gasteiger partial charge in [0.15, 0.2) is 0 Å². The summed E-state index contributed by atoms with van der Waals surface area (Å²) in [6.07, 6.45) is 3.26. The first-order valence-electron chi connectivity index (χ1n) is 10.6. The summed E-state index contributed by atoms with van der Waals surface area (Å²) in [5, 5.41) is 5.87. The molecular formula is C21H31N5O2S. The van der Waals surface area contributed by atoms with Crippen LogP contribution in [0.5, 0.6) is 0 Å². The van der Waals surface area contributed by atoms with Gasteiger partial charge in [0, 0.05) is 43.2 Å². The van der Waals surface area contributed by atoms with Crippen molar-refractivity contribution in [3.05, 3.63) is 23.8 Å². The van der Waals surface area contributed by atoms with Gasteiger partial charge in [-0.3, -0.25) is 14.5 Å². The second-order valence-electron chi connectivity index (χ2n) is 8.17. The van der Waals surface area contributed by atoms with Crippen molar-refractivity contribution in [3.8, 4) is 0 Å².